The minimum absolute atomic E-state index is 0.0324. The lowest BCUT2D eigenvalue weighted by molar-refractivity contribution is -0.120. The molecule has 0 saturated carbocycles. The maximum atomic E-state index is 11.6. The lowest BCUT2D eigenvalue weighted by Gasteiger charge is -2.06. The van der Waals surface area contributed by atoms with Crippen molar-refractivity contribution in [3.8, 4) is 0 Å². The average molecular weight is 216 g/mol. The van der Waals surface area contributed by atoms with Crippen LogP contribution in [0.3, 0.4) is 0 Å². The minimum Gasteiger partial charge on any atom is -0.354 e. The molecule has 2 N–H and O–H groups in total. The van der Waals surface area contributed by atoms with Crippen LogP contribution in [0, 0.1) is 0 Å². The number of hydrogen-bond acceptors (Lipinski definition) is 3. The van der Waals surface area contributed by atoms with Crippen LogP contribution in [0.1, 0.15) is 0 Å². The van der Waals surface area contributed by atoms with E-state index in [0.29, 0.717) is 0 Å². The van der Waals surface area contributed by atoms with Gasteiger partial charge in [-0.15, -0.1) is 0 Å². The largest absolute Gasteiger partial charge is 0.441 e. The van der Waals surface area contributed by atoms with Gasteiger partial charge in [-0.2, -0.15) is 13.2 Å². The van der Waals surface area contributed by atoms with Crippen molar-refractivity contribution in [1.82, 2.24) is 10.6 Å². The second kappa shape index (κ2) is 6.09. The molecule has 0 aromatic heterocycles. The highest BCUT2D eigenvalue weighted by Crippen LogP contribution is 2.29. The molecule has 0 aromatic rings. The number of hydrogen-bond donors (Lipinski definition) is 2. The number of amides is 1. The Labute approximate surface area is 78.4 Å². The fourth-order valence-electron chi connectivity index (χ4n) is 0.580. The summed E-state index contributed by atoms with van der Waals surface area (Å²) in [5.41, 5.74) is -4.21. The van der Waals surface area contributed by atoms with E-state index < -0.39 is 5.51 Å². The van der Waals surface area contributed by atoms with Crippen molar-refractivity contribution in [3.05, 3.63) is 0 Å². The fourth-order valence-corrected chi connectivity index (χ4v) is 1.02. The van der Waals surface area contributed by atoms with E-state index in [4.69, 9.17) is 0 Å². The molecular formula is C6H11F3N2OS. The molecule has 0 aromatic carbocycles. The van der Waals surface area contributed by atoms with Crippen LogP contribution in [0.4, 0.5) is 13.2 Å². The van der Waals surface area contributed by atoms with Crippen LogP contribution in [0.5, 0.6) is 0 Å². The number of likely N-dealkylation sites (N-methyl/N-ethyl adjacent to an activating group) is 1. The Balaban J connectivity index is 3.31. The van der Waals surface area contributed by atoms with Gasteiger partial charge in [-0.05, 0) is 18.8 Å². The van der Waals surface area contributed by atoms with E-state index in [2.05, 4.69) is 10.6 Å². The van der Waals surface area contributed by atoms with E-state index in [-0.39, 0.29) is 36.5 Å². The summed E-state index contributed by atoms with van der Waals surface area (Å²) in [6.07, 6.45) is 0. The standard InChI is InChI=1S/C6H11F3N2OS/c1-10-4-5(12)11-2-3-13-6(7,8)9/h10H,2-4H2,1H3,(H,11,12). The van der Waals surface area contributed by atoms with Crippen LogP contribution in [0.25, 0.3) is 0 Å². The van der Waals surface area contributed by atoms with Crippen LogP contribution in [0.2, 0.25) is 0 Å². The Bertz CT molecular complexity index is 162. The molecule has 0 heterocycles. The van der Waals surface area contributed by atoms with Crippen molar-refractivity contribution < 1.29 is 18.0 Å². The van der Waals surface area contributed by atoms with Crippen LogP contribution < -0.4 is 10.6 Å². The molecule has 0 bridgehead atoms. The molecule has 13 heavy (non-hydrogen) atoms. The minimum atomic E-state index is -4.21. The van der Waals surface area contributed by atoms with E-state index in [9.17, 15) is 18.0 Å². The third kappa shape index (κ3) is 9.48. The Morgan fingerprint density at radius 3 is 2.54 bits per heavy atom. The highest BCUT2D eigenvalue weighted by Gasteiger charge is 2.27. The molecular weight excluding hydrogens is 205 g/mol. The van der Waals surface area contributed by atoms with Gasteiger partial charge in [-0.1, -0.05) is 0 Å². The molecule has 0 aliphatic rings. The molecule has 1 amide bonds. The first-order chi connectivity index (χ1) is 5.95. The summed E-state index contributed by atoms with van der Waals surface area (Å²) >= 11 is -0.141. The molecule has 0 unspecified atom stereocenters. The molecule has 0 aliphatic carbocycles. The van der Waals surface area contributed by atoms with Gasteiger partial charge in [0.15, 0.2) is 0 Å². The van der Waals surface area contributed by atoms with Gasteiger partial charge in [0.05, 0.1) is 6.54 Å². The summed E-state index contributed by atoms with van der Waals surface area (Å²) in [7, 11) is 1.59. The Morgan fingerprint density at radius 2 is 2.08 bits per heavy atom. The molecule has 0 atom stereocenters. The van der Waals surface area contributed by atoms with E-state index in [0.717, 1.165) is 0 Å². The normalized spacial score (nSPS) is 11.4. The third-order valence-electron chi connectivity index (χ3n) is 1.03. The van der Waals surface area contributed by atoms with E-state index in [1.807, 2.05) is 0 Å². The highest BCUT2D eigenvalue weighted by atomic mass is 32.2. The number of halogens is 3. The molecule has 0 fully saturated rings. The maximum absolute atomic E-state index is 11.6. The predicted molar refractivity (Wildman–Crippen MR) is 45.4 cm³/mol. The average Bonchev–Trinajstić information content (AvgIpc) is 1.97. The smallest absolute Gasteiger partial charge is 0.354 e. The number of carbonyl (C=O) groups excluding carboxylic acids is 1. The van der Waals surface area contributed by atoms with Crippen molar-refractivity contribution in [1.29, 1.82) is 0 Å². The number of carbonyl (C=O) groups is 1. The second-order valence-corrected chi connectivity index (χ2v) is 3.33. The topological polar surface area (TPSA) is 41.1 Å². The SMILES string of the molecule is CNCC(=O)NCCSC(F)(F)F. The maximum Gasteiger partial charge on any atom is 0.441 e. The van der Waals surface area contributed by atoms with E-state index >= 15 is 0 Å². The van der Waals surface area contributed by atoms with Gasteiger partial charge in [0.25, 0.3) is 0 Å². The zero-order chi connectivity index (χ0) is 10.3. The van der Waals surface area contributed by atoms with Crippen molar-refractivity contribution >= 4 is 17.7 Å². The van der Waals surface area contributed by atoms with Gasteiger partial charge in [-0.3, -0.25) is 4.79 Å². The van der Waals surface area contributed by atoms with Gasteiger partial charge >= 0.3 is 5.51 Å². The Hall–Kier alpha value is -0.430. The zero-order valence-electron chi connectivity index (χ0n) is 7.07. The zero-order valence-corrected chi connectivity index (χ0v) is 7.89. The van der Waals surface area contributed by atoms with Crippen LogP contribution >= 0.6 is 11.8 Å². The number of nitrogens with one attached hydrogen (secondary N) is 2. The lowest BCUT2D eigenvalue weighted by atomic mass is 10.5. The van der Waals surface area contributed by atoms with Crippen LogP contribution in [-0.2, 0) is 4.79 Å². The summed E-state index contributed by atoms with van der Waals surface area (Å²) in [4.78, 5) is 10.7. The molecule has 7 heteroatoms. The fraction of sp³-hybridized carbons (Fsp3) is 0.833. The molecule has 78 valence electrons. The van der Waals surface area contributed by atoms with Crippen LogP contribution in [0.15, 0.2) is 0 Å². The molecule has 0 rings (SSSR count). The lowest BCUT2D eigenvalue weighted by Crippen LogP contribution is -2.33. The summed E-state index contributed by atoms with van der Waals surface area (Å²) in [5, 5.41) is 4.92. The summed E-state index contributed by atoms with van der Waals surface area (Å²) in [6.45, 7) is 0.154. The summed E-state index contributed by atoms with van der Waals surface area (Å²) in [6, 6.07) is 0. The van der Waals surface area contributed by atoms with Crippen molar-refractivity contribution in [2.45, 2.75) is 5.51 Å². The molecule has 0 spiro atoms. The van der Waals surface area contributed by atoms with Gasteiger partial charge in [0.2, 0.25) is 5.91 Å². The van der Waals surface area contributed by atoms with E-state index in [1.165, 1.54) is 0 Å². The molecule has 3 nitrogen and oxygen atoms in total. The van der Waals surface area contributed by atoms with Crippen molar-refractivity contribution in [3.63, 3.8) is 0 Å². The van der Waals surface area contributed by atoms with Gasteiger partial charge in [0, 0.05) is 12.3 Å². The Kier molecular flexibility index (Phi) is 5.89. The van der Waals surface area contributed by atoms with Crippen molar-refractivity contribution in [2.24, 2.45) is 0 Å². The Morgan fingerprint density at radius 1 is 1.46 bits per heavy atom. The number of alkyl halides is 3. The predicted octanol–water partition coefficient (Wildman–Crippen LogP) is 0.575. The molecule has 0 saturated heterocycles. The first-order valence-electron chi connectivity index (χ1n) is 3.57. The first-order valence-corrected chi connectivity index (χ1v) is 4.56. The third-order valence-corrected chi connectivity index (χ3v) is 1.76. The van der Waals surface area contributed by atoms with Gasteiger partial charge < -0.3 is 10.6 Å². The number of rotatable bonds is 5. The van der Waals surface area contributed by atoms with Gasteiger partial charge in [-0.25, -0.2) is 0 Å². The summed E-state index contributed by atoms with van der Waals surface area (Å²) in [5.74, 6) is -0.454. The van der Waals surface area contributed by atoms with Gasteiger partial charge in [0.1, 0.15) is 0 Å². The monoisotopic (exact) mass is 216 g/mol. The first kappa shape index (κ1) is 12.6. The highest BCUT2D eigenvalue weighted by molar-refractivity contribution is 8.00. The van der Waals surface area contributed by atoms with Crippen molar-refractivity contribution in [2.75, 3.05) is 25.9 Å². The molecule has 0 aliphatic heterocycles. The van der Waals surface area contributed by atoms with Crippen LogP contribution in [-0.4, -0.2) is 37.3 Å². The second-order valence-electron chi connectivity index (χ2n) is 2.17. The quantitative estimate of drug-likeness (QED) is 0.660. The van der Waals surface area contributed by atoms with E-state index in [1.54, 1.807) is 7.05 Å². The number of thioether (sulfide) groups is 1. The summed E-state index contributed by atoms with van der Waals surface area (Å²) < 4.78 is 34.7. The molecule has 0 radical (unpaired) electrons.